The van der Waals surface area contributed by atoms with Crippen molar-refractivity contribution in [1.82, 2.24) is 0 Å². The number of benzene rings is 2. The summed E-state index contributed by atoms with van der Waals surface area (Å²) < 4.78 is 6.33. The standard InChI is InChI=1S/C22H18BrN3O3/c23-16-7-5-15(6-8-16)21-13-19(17(14-24)22(28)29-21)26-11-9-25(10-12-26)18-3-1-2-4-20(18)27/h1-8,13,27H,9-12H2. The predicted molar refractivity (Wildman–Crippen MR) is 115 cm³/mol. The highest BCUT2D eigenvalue weighted by atomic mass is 79.9. The predicted octanol–water partition coefficient (Wildman–Crippen LogP) is 3.97. The van der Waals surface area contributed by atoms with Gasteiger partial charge in [0.25, 0.3) is 0 Å². The van der Waals surface area contributed by atoms with Crippen molar-refractivity contribution in [2.45, 2.75) is 0 Å². The van der Waals surface area contributed by atoms with Crippen LogP contribution in [0.15, 0.2) is 68.3 Å². The van der Waals surface area contributed by atoms with Gasteiger partial charge in [-0.25, -0.2) is 4.79 Å². The van der Waals surface area contributed by atoms with Crippen LogP contribution in [0.3, 0.4) is 0 Å². The number of hydrogen-bond donors (Lipinski definition) is 1. The van der Waals surface area contributed by atoms with E-state index >= 15 is 0 Å². The number of anilines is 2. The molecular weight excluding hydrogens is 434 g/mol. The third kappa shape index (κ3) is 3.84. The van der Waals surface area contributed by atoms with Gasteiger partial charge in [0, 0.05) is 42.3 Å². The molecule has 4 rings (SSSR count). The molecule has 0 unspecified atom stereocenters. The summed E-state index contributed by atoms with van der Waals surface area (Å²) in [7, 11) is 0. The molecule has 1 aliphatic rings. The third-order valence-electron chi connectivity index (χ3n) is 5.01. The molecule has 1 N–H and O–H groups in total. The first-order valence-electron chi connectivity index (χ1n) is 9.19. The van der Waals surface area contributed by atoms with E-state index in [1.807, 2.05) is 47.4 Å². The molecule has 2 heterocycles. The number of nitriles is 1. The molecule has 0 aliphatic carbocycles. The average molecular weight is 452 g/mol. The maximum Gasteiger partial charge on any atom is 0.356 e. The van der Waals surface area contributed by atoms with Crippen molar-refractivity contribution in [2.24, 2.45) is 0 Å². The van der Waals surface area contributed by atoms with Crippen LogP contribution in [-0.2, 0) is 0 Å². The lowest BCUT2D eigenvalue weighted by atomic mass is 10.1. The van der Waals surface area contributed by atoms with Gasteiger partial charge in [0.15, 0.2) is 5.56 Å². The second-order valence-corrected chi connectivity index (χ2v) is 7.66. The Morgan fingerprint density at radius 2 is 1.59 bits per heavy atom. The molecular formula is C22H18BrN3O3. The Hall–Kier alpha value is -3.24. The second kappa shape index (κ2) is 8.02. The maximum absolute atomic E-state index is 12.4. The van der Waals surface area contributed by atoms with Crippen molar-refractivity contribution in [3.63, 3.8) is 0 Å². The SMILES string of the molecule is N#Cc1c(N2CCN(c3ccccc3O)CC2)cc(-c2ccc(Br)cc2)oc1=O. The quantitative estimate of drug-likeness (QED) is 0.648. The number of phenols is 1. The highest BCUT2D eigenvalue weighted by molar-refractivity contribution is 9.10. The molecule has 1 aliphatic heterocycles. The first kappa shape index (κ1) is 19.1. The van der Waals surface area contributed by atoms with Crippen LogP contribution in [0.25, 0.3) is 11.3 Å². The number of rotatable bonds is 3. The van der Waals surface area contributed by atoms with Gasteiger partial charge >= 0.3 is 5.63 Å². The van der Waals surface area contributed by atoms with Crippen molar-refractivity contribution in [1.29, 1.82) is 5.26 Å². The van der Waals surface area contributed by atoms with Gasteiger partial charge in [0.05, 0.1) is 11.4 Å². The number of piperazine rings is 1. The Balaban J connectivity index is 1.63. The zero-order chi connectivity index (χ0) is 20.4. The van der Waals surface area contributed by atoms with Crippen molar-refractivity contribution in [3.05, 3.63) is 75.1 Å². The zero-order valence-electron chi connectivity index (χ0n) is 15.5. The maximum atomic E-state index is 12.4. The number of hydrogen-bond acceptors (Lipinski definition) is 6. The fourth-order valence-corrected chi connectivity index (χ4v) is 3.77. The summed E-state index contributed by atoms with van der Waals surface area (Å²) in [6, 6.07) is 18.4. The fraction of sp³-hybridized carbons (Fsp3) is 0.182. The van der Waals surface area contributed by atoms with E-state index in [9.17, 15) is 15.2 Å². The van der Waals surface area contributed by atoms with Gasteiger partial charge in [-0.05, 0) is 24.3 Å². The number of phenolic OH excluding ortho intramolecular Hbond substituents is 1. The van der Waals surface area contributed by atoms with Crippen LogP contribution >= 0.6 is 15.9 Å². The minimum absolute atomic E-state index is 0.0156. The number of para-hydroxylation sites is 2. The number of nitrogens with zero attached hydrogens (tertiary/aromatic N) is 3. The van der Waals surface area contributed by atoms with Crippen LogP contribution in [0.2, 0.25) is 0 Å². The molecule has 2 aromatic carbocycles. The van der Waals surface area contributed by atoms with Gasteiger partial charge in [0.2, 0.25) is 0 Å². The van der Waals surface area contributed by atoms with Gasteiger partial charge in [-0.2, -0.15) is 5.26 Å². The fourth-order valence-electron chi connectivity index (χ4n) is 3.51. The van der Waals surface area contributed by atoms with Crippen molar-refractivity contribution in [3.8, 4) is 23.1 Å². The first-order valence-corrected chi connectivity index (χ1v) is 9.98. The normalized spacial score (nSPS) is 13.9. The monoisotopic (exact) mass is 451 g/mol. The minimum atomic E-state index is -0.633. The Bertz CT molecular complexity index is 1130. The van der Waals surface area contributed by atoms with Gasteiger partial charge < -0.3 is 19.3 Å². The number of halogens is 1. The highest BCUT2D eigenvalue weighted by Gasteiger charge is 2.23. The summed E-state index contributed by atoms with van der Waals surface area (Å²) in [6.45, 7) is 2.56. The summed E-state index contributed by atoms with van der Waals surface area (Å²) in [4.78, 5) is 16.6. The Kier molecular flexibility index (Phi) is 5.28. The summed E-state index contributed by atoms with van der Waals surface area (Å²) in [5.74, 6) is 0.677. The Labute approximate surface area is 176 Å². The van der Waals surface area contributed by atoms with Crippen molar-refractivity contribution >= 4 is 27.3 Å². The molecule has 1 saturated heterocycles. The van der Waals surface area contributed by atoms with E-state index in [0.717, 1.165) is 15.7 Å². The highest BCUT2D eigenvalue weighted by Crippen LogP contribution is 2.30. The van der Waals surface area contributed by atoms with Crippen LogP contribution < -0.4 is 15.4 Å². The second-order valence-electron chi connectivity index (χ2n) is 6.74. The molecule has 29 heavy (non-hydrogen) atoms. The molecule has 1 fully saturated rings. The van der Waals surface area contributed by atoms with Crippen LogP contribution in [0.4, 0.5) is 11.4 Å². The summed E-state index contributed by atoms with van der Waals surface area (Å²) in [6.07, 6.45) is 0. The molecule has 0 amide bonds. The molecule has 0 saturated carbocycles. The molecule has 0 spiro atoms. The van der Waals surface area contributed by atoms with E-state index in [4.69, 9.17) is 4.42 Å². The summed E-state index contributed by atoms with van der Waals surface area (Å²) in [5.41, 5.74) is 1.52. The molecule has 1 aromatic heterocycles. The van der Waals surface area contributed by atoms with Crippen LogP contribution in [-0.4, -0.2) is 31.3 Å². The lowest BCUT2D eigenvalue weighted by molar-refractivity contribution is 0.472. The van der Waals surface area contributed by atoms with E-state index < -0.39 is 5.63 Å². The van der Waals surface area contributed by atoms with E-state index in [1.165, 1.54) is 0 Å². The molecule has 146 valence electrons. The summed E-state index contributed by atoms with van der Waals surface area (Å²) in [5, 5.41) is 19.6. The smallest absolute Gasteiger partial charge is 0.356 e. The Morgan fingerprint density at radius 3 is 2.21 bits per heavy atom. The van der Waals surface area contributed by atoms with Gasteiger partial charge in [-0.1, -0.05) is 40.2 Å². The molecule has 0 bridgehead atoms. The van der Waals surface area contributed by atoms with Crippen molar-refractivity contribution in [2.75, 3.05) is 36.0 Å². The van der Waals surface area contributed by atoms with Crippen molar-refractivity contribution < 1.29 is 9.52 Å². The molecule has 7 heteroatoms. The van der Waals surface area contributed by atoms with Crippen LogP contribution in [0.5, 0.6) is 5.75 Å². The van der Waals surface area contributed by atoms with E-state index in [0.29, 0.717) is 37.6 Å². The summed E-state index contributed by atoms with van der Waals surface area (Å²) >= 11 is 3.40. The minimum Gasteiger partial charge on any atom is -0.506 e. The lowest BCUT2D eigenvalue weighted by Crippen LogP contribution is -2.47. The number of aromatic hydroxyl groups is 1. The first-order chi connectivity index (χ1) is 14.1. The molecule has 3 aromatic rings. The van der Waals surface area contributed by atoms with Gasteiger partial charge in [0.1, 0.15) is 17.6 Å². The average Bonchev–Trinajstić information content (AvgIpc) is 2.74. The van der Waals surface area contributed by atoms with Crippen LogP contribution in [0.1, 0.15) is 5.56 Å². The van der Waals surface area contributed by atoms with Gasteiger partial charge in [-0.15, -0.1) is 0 Å². The molecule has 0 atom stereocenters. The molecule has 6 nitrogen and oxygen atoms in total. The lowest BCUT2D eigenvalue weighted by Gasteiger charge is -2.37. The van der Waals surface area contributed by atoms with Gasteiger partial charge in [-0.3, -0.25) is 0 Å². The van der Waals surface area contributed by atoms with E-state index in [1.54, 1.807) is 18.2 Å². The van der Waals surface area contributed by atoms with Crippen LogP contribution in [0, 0.1) is 11.3 Å². The zero-order valence-corrected chi connectivity index (χ0v) is 17.1. The largest absolute Gasteiger partial charge is 0.506 e. The topological polar surface area (TPSA) is 80.7 Å². The Morgan fingerprint density at radius 1 is 0.966 bits per heavy atom. The van der Waals surface area contributed by atoms with E-state index in [2.05, 4.69) is 20.8 Å². The third-order valence-corrected chi connectivity index (χ3v) is 5.54. The molecule has 0 radical (unpaired) electrons. The van der Waals surface area contributed by atoms with E-state index in [-0.39, 0.29) is 11.3 Å².